The summed E-state index contributed by atoms with van der Waals surface area (Å²) in [5.74, 6) is -0.0440. The maximum Gasteiger partial charge on any atom is 0.305 e. The molecule has 0 spiro atoms. The standard InChI is InChI=1S/C15H16ClNO5/c1-20-11-8-10(16)6-9-7-12(22-14(9)11)15(19)17-5-3-4-13(18)21-2/h6-8H,3-5H2,1-2H3,(H,17,19). The highest BCUT2D eigenvalue weighted by Crippen LogP contribution is 2.32. The van der Waals surface area contributed by atoms with Gasteiger partial charge >= 0.3 is 5.97 Å². The summed E-state index contributed by atoms with van der Waals surface area (Å²) >= 11 is 5.97. The van der Waals surface area contributed by atoms with Crippen molar-refractivity contribution in [3.63, 3.8) is 0 Å². The van der Waals surface area contributed by atoms with E-state index in [0.29, 0.717) is 34.7 Å². The van der Waals surface area contributed by atoms with E-state index in [1.54, 1.807) is 18.2 Å². The molecule has 0 saturated heterocycles. The number of hydrogen-bond donors (Lipinski definition) is 1. The van der Waals surface area contributed by atoms with Crippen molar-refractivity contribution < 1.29 is 23.5 Å². The van der Waals surface area contributed by atoms with Gasteiger partial charge in [0.1, 0.15) is 0 Å². The molecule has 1 amide bonds. The van der Waals surface area contributed by atoms with E-state index in [-0.39, 0.29) is 24.1 Å². The molecule has 1 heterocycles. The lowest BCUT2D eigenvalue weighted by Crippen LogP contribution is -2.24. The van der Waals surface area contributed by atoms with Gasteiger partial charge in [0, 0.05) is 29.4 Å². The number of carbonyl (C=O) groups is 2. The lowest BCUT2D eigenvalue weighted by atomic mass is 10.2. The van der Waals surface area contributed by atoms with Crippen LogP contribution in [0.3, 0.4) is 0 Å². The molecule has 1 aromatic heterocycles. The fourth-order valence-corrected chi connectivity index (χ4v) is 2.19. The van der Waals surface area contributed by atoms with Gasteiger partial charge in [-0.2, -0.15) is 0 Å². The molecular formula is C15H16ClNO5. The topological polar surface area (TPSA) is 77.8 Å². The molecule has 0 saturated carbocycles. The minimum Gasteiger partial charge on any atom is -0.493 e. The molecular weight excluding hydrogens is 310 g/mol. The quantitative estimate of drug-likeness (QED) is 0.652. The summed E-state index contributed by atoms with van der Waals surface area (Å²) in [7, 11) is 2.83. The summed E-state index contributed by atoms with van der Waals surface area (Å²) in [6.07, 6.45) is 0.744. The number of halogens is 1. The number of nitrogens with one attached hydrogen (secondary N) is 1. The van der Waals surface area contributed by atoms with Gasteiger partial charge in [-0.15, -0.1) is 0 Å². The molecule has 6 nitrogen and oxygen atoms in total. The number of esters is 1. The number of benzene rings is 1. The maximum absolute atomic E-state index is 12.0. The number of fused-ring (bicyclic) bond motifs is 1. The molecule has 0 fully saturated rings. The maximum atomic E-state index is 12.0. The summed E-state index contributed by atoms with van der Waals surface area (Å²) < 4.78 is 15.2. The molecule has 22 heavy (non-hydrogen) atoms. The highest BCUT2D eigenvalue weighted by molar-refractivity contribution is 6.31. The smallest absolute Gasteiger partial charge is 0.305 e. The minimum atomic E-state index is -0.362. The second-order valence-corrected chi connectivity index (χ2v) is 5.01. The van der Waals surface area contributed by atoms with E-state index in [4.69, 9.17) is 20.8 Å². The first-order valence-corrected chi connectivity index (χ1v) is 7.05. The van der Waals surface area contributed by atoms with E-state index in [1.165, 1.54) is 14.2 Å². The van der Waals surface area contributed by atoms with Crippen LogP contribution in [0.2, 0.25) is 5.02 Å². The molecule has 0 radical (unpaired) electrons. The number of carbonyl (C=O) groups excluding carboxylic acids is 2. The molecule has 7 heteroatoms. The monoisotopic (exact) mass is 325 g/mol. The van der Waals surface area contributed by atoms with Gasteiger partial charge in [0.25, 0.3) is 5.91 Å². The van der Waals surface area contributed by atoms with Crippen molar-refractivity contribution in [2.45, 2.75) is 12.8 Å². The molecule has 118 valence electrons. The molecule has 0 aliphatic rings. The second kappa shape index (κ2) is 7.17. The van der Waals surface area contributed by atoms with E-state index in [1.807, 2.05) is 0 Å². The van der Waals surface area contributed by atoms with Crippen molar-refractivity contribution in [1.29, 1.82) is 0 Å². The van der Waals surface area contributed by atoms with E-state index in [0.717, 1.165) is 0 Å². The first kappa shape index (κ1) is 16.2. The van der Waals surface area contributed by atoms with Crippen LogP contribution in [0.1, 0.15) is 23.4 Å². The van der Waals surface area contributed by atoms with Crippen LogP contribution >= 0.6 is 11.6 Å². The summed E-state index contributed by atoms with van der Waals surface area (Å²) in [6.45, 7) is 0.350. The van der Waals surface area contributed by atoms with Gasteiger partial charge in [-0.25, -0.2) is 0 Å². The molecule has 1 aromatic carbocycles. The summed E-state index contributed by atoms with van der Waals surface area (Å²) in [5.41, 5.74) is 0.464. The molecule has 2 aromatic rings. The zero-order valence-corrected chi connectivity index (χ0v) is 13.0. The SMILES string of the molecule is COC(=O)CCCNC(=O)c1cc2cc(Cl)cc(OC)c2o1. The van der Waals surface area contributed by atoms with Gasteiger partial charge < -0.3 is 19.2 Å². The number of ether oxygens (including phenoxy) is 2. The van der Waals surface area contributed by atoms with Crippen LogP contribution in [-0.4, -0.2) is 32.6 Å². The summed E-state index contributed by atoms with van der Waals surface area (Å²) in [5, 5.41) is 3.86. The lowest BCUT2D eigenvalue weighted by Gasteiger charge is -2.02. The van der Waals surface area contributed by atoms with Gasteiger partial charge in [-0.05, 0) is 18.6 Å². The highest BCUT2D eigenvalue weighted by atomic mass is 35.5. The average molecular weight is 326 g/mol. The molecule has 0 unspecified atom stereocenters. The third kappa shape index (κ3) is 3.71. The number of methoxy groups -OCH3 is 2. The minimum absolute atomic E-state index is 0.161. The zero-order chi connectivity index (χ0) is 16.1. The van der Waals surface area contributed by atoms with E-state index in [9.17, 15) is 9.59 Å². The Kier molecular flexibility index (Phi) is 5.27. The average Bonchev–Trinajstić information content (AvgIpc) is 2.93. The predicted octanol–water partition coefficient (Wildman–Crippen LogP) is 2.78. The highest BCUT2D eigenvalue weighted by Gasteiger charge is 2.15. The Balaban J connectivity index is 2.04. The van der Waals surface area contributed by atoms with Crippen LogP contribution < -0.4 is 10.1 Å². The fourth-order valence-electron chi connectivity index (χ4n) is 1.97. The Morgan fingerprint density at radius 3 is 2.73 bits per heavy atom. The van der Waals surface area contributed by atoms with Crippen molar-refractivity contribution in [2.24, 2.45) is 0 Å². The van der Waals surface area contributed by atoms with Crippen molar-refractivity contribution >= 4 is 34.4 Å². The zero-order valence-electron chi connectivity index (χ0n) is 12.3. The first-order chi connectivity index (χ1) is 10.5. The predicted molar refractivity (Wildman–Crippen MR) is 81.4 cm³/mol. The number of furan rings is 1. The third-order valence-electron chi connectivity index (χ3n) is 3.06. The summed E-state index contributed by atoms with van der Waals surface area (Å²) in [6, 6.07) is 4.90. The summed E-state index contributed by atoms with van der Waals surface area (Å²) in [4.78, 5) is 23.0. The Hall–Kier alpha value is -2.21. The number of hydrogen-bond acceptors (Lipinski definition) is 5. The van der Waals surface area contributed by atoms with Crippen LogP contribution in [0.25, 0.3) is 11.0 Å². The van der Waals surface area contributed by atoms with E-state index >= 15 is 0 Å². The van der Waals surface area contributed by atoms with Crippen LogP contribution in [-0.2, 0) is 9.53 Å². The van der Waals surface area contributed by atoms with Gasteiger partial charge in [0.05, 0.1) is 14.2 Å². The Labute approximate surface area is 132 Å². The molecule has 0 aliphatic heterocycles. The van der Waals surface area contributed by atoms with E-state index < -0.39 is 0 Å². The Bertz CT molecular complexity index is 695. The molecule has 0 atom stereocenters. The van der Waals surface area contributed by atoms with Gasteiger partial charge in [0.2, 0.25) is 0 Å². The number of rotatable bonds is 6. The normalized spacial score (nSPS) is 10.5. The van der Waals surface area contributed by atoms with Crippen LogP contribution in [0.5, 0.6) is 5.75 Å². The van der Waals surface area contributed by atoms with Crippen LogP contribution in [0, 0.1) is 0 Å². The molecule has 0 bridgehead atoms. The Morgan fingerprint density at radius 2 is 2.05 bits per heavy atom. The molecule has 2 rings (SSSR count). The van der Waals surface area contributed by atoms with Crippen molar-refractivity contribution in [2.75, 3.05) is 20.8 Å². The molecule has 0 aliphatic carbocycles. The Morgan fingerprint density at radius 1 is 1.27 bits per heavy atom. The molecule has 1 N–H and O–H groups in total. The fraction of sp³-hybridized carbons (Fsp3) is 0.333. The third-order valence-corrected chi connectivity index (χ3v) is 3.28. The van der Waals surface area contributed by atoms with Crippen LogP contribution in [0.15, 0.2) is 22.6 Å². The first-order valence-electron chi connectivity index (χ1n) is 6.67. The second-order valence-electron chi connectivity index (χ2n) is 4.57. The number of amides is 1. The largest absolute Gasteiger partial charge is 0.493 e. The van der Waals surface area contributed by atoms with E-state index in [2.05, 4.69) is 10.1 Å². The van der Waals surface area contributed by atoms with Crippen molar-refractivity contribution in [1.82, 2.24) is 5.32 Å². The lowest BCUT2D eigenvalue weighted by molar-refractivity contribution is -0.140. The van der Waals surface area contributed by atoms with Crippen molar-refractivity contribution in [3.05, 3.63) is 29.0 Å². The van der Waals surface area contributed by atoms with Crippen molar-refractivity contribution in [3.8, 4) is 5.75 Å². The van der Waals surface area contributed by atoms with Crippen LogP contribution in [0.4, 0.5) is 0 Å². The van der Waals surface area contributed by atoms with Gasteiger partial charge in [-0.3, -0.25) is 9.59 Å². The van der Waals surface area contributed by atoms with Gasteiger partial charge in [-0.1, -0.05) is 11.6 Å². The van der Waals surface area contributed by atoms with Gasteiger partial charge in [0.15, 0.2) is 17.1 Å².